The van der Waals surface area contributed by atoms with Crippen LogP contribution in [0.15, 0.2) is 30.3 Å². The zero-order chi connectivity index (χ0) is 20.5. The van der Waals surface area contributed by atoms with Gasteiger partial charge in [-0.05, 0) is 51.5 Å². The van der Waals surface area contributed by atoms with Gasteiger partial charge >= 0.3 is 6.09 Å². The minimum absolute atomic E-state index is 0.0397. The maximum absolute atomic E-state index is 13.0. The number of fused-ring (bicyclic) bond motifs is 2. The Bertz CT molecular complexity index is 660. The number of ether oxygens (including phenoxy) is 2. The topological polar surface area (TPSA) is 85.0 Å². The molecule has 28 heavy (non-hydrogen) atoms. The van der Waals surface area contributed by atoms with Crippen LogP contribution in [0.2, 0.25) is 0 Å². The van der Waals surface area contributed by atoms with Gasteiger partial charge in [-0.15, -0.1) is 0 Å². The largest absolute Gasteiger partial charge is 0.444 e. The lowest BCUT2D eigenvalue weighted by Crippen LogP contribution is -2.50. The molecule has 3 rings (SSSR count). The summed E-state index contributed by atoms with van der Waals surface area (Å²) in [5.41, 5.74) is 6.66. The summed E-state index contributed by atoms with van der Waals surface area (Å²) < 4.78 is 11.1. The van der Waals surface area contributed by atoms with Crippen molar-refractivity contribution in [3.63, 3.8) is 0 Å². The summed E-state index contributed by atoms with van der Waals surface area (Å²) in [5.74, 6) is 0.620. The molecule has 3 N–H and O–H groups in total. The first-order chi connectivity index (χ1) is 13.2. The molecule has 2 fully saturated rings. The highest BCUT2D eigenvalue weighted by Crippen LogP contribution is 2.49. The molecule has 1 aliphatic heterocycles. The van der Waals surface area contributed by atoms with Crippen LogP contribution in [0.4, 0.5) is 4.79 Å². The molecule has 6 unspecified atom stereocenters. The van der Waals surface area contributed by atoms with E-state index in [2.05, 4.69) is 0 Å². The van der Waals surface area contributed by atoms with Gasteiger partial charge in [-0.3, -0.25) is 0 Å². The molecule has 0 radical (unpaired) electrons. The maximum atomic E-state index is 13.0. The molecular weight excluding hydrogens is 356 g/mol. The fraction of sp³-hybridized carbons (Fsp3) is 0.682. The zero-order valence-corrected chi connectivity index (χ0v) is 17.4. The average molecular weight is 391 g/mol. The highest BCUT2D eigenvalue weighted by Gasteiger charge is 2.56. The van der Waals surface area contributed by atoms with Crippen LogP contribution in [0.1, 0.15) is 51.7 Å². The van der Waals surface area contributed by atoms with Crippen molar-refractivity contribution in [3.8, 4) is 0 Å². The lowest BCUT2D eigenvalue weighted by atomic mass is 9.86. The van der Waals surface area contributed by atoms with Crippen molar-refractivity contribution < 1.29 is 19.4 Å². The number of aliphatic hydroxyl groups excluding tert-OH is 1. The van der Waals surface area contributed by atoms with Gasteiger partial charge in [-0.1, -0.05) is 30.3 Å². The second-order valence-corrected chi connectivity index (χ2v) is 9.14. The van der Waals surface area contributed by atoms with E-state index < -0.39 is 17.7 Å². The van der Waals surface area contributed by atoms with Gasteiger partial charge in [0, 0.05) is 31.2 Å². The Morgan fingerprint density at radius 2 is 1.96 bits per heavy atom. The number of amides is 1. The number of rotatable bonds is 6. The molecule has 1 heterocycles. The minimum atomic E-state index is -0.762. The molecule has 0 aromatic heterocycles. The third kappa shape index (κ3) is 4.34. The summed E-state index contributed by atoms with van der Waals surface area (Å²) in [6, 6.07) is 9.08. The summed E-state index contributed by atoms with van der Waals surface area (Å²) >= 11 is 0. The van der Waals surface area contributed by atoms with Gasteiger partial charge in [0.15, 0.2) is 0 Å². The molecule has 6 heteroatoms. The zero-order valence-electron chi connectivity index (χ0n) is 17.4. The monoisotopic (exact) mass is 390 g/mol. The van der Waals surface area contributed by atoms with Crippen LogP contribution >= 0.6 is 0 Å². The van der Waals surface area contributed by atoms with E-state index in [0.29, 0.717) is 24.9 Å². The molecule has 1 aromatic carbocycles. The number of nitrogens with two attached hydrogens (primary N) is 1. The Labute approximate surface area is 168 Å². The predicted molar refractivity (Wildman–Crippen MR) is 108 cm³/mol. The van der Waals surface area contributed by atoms with Crippen LogP contribution in [0, 0.1) is 11.8 Å². The van der Waals surface area contributed by atoms with Gasteiger partial charge < -0.3 is 25.2 Å². The van der Waals surface area contributed by atoms with Crippen molar-refractivity contribution in [1.82, 2.24) is 4.90 Å². The molecular formula is C22H34N2O4. The molecule has 156 valence electrons. The predicted octanol–water partition coefficient (Wildman–Crippen LogP) is 3.10. The van der Waals surface area contributed by atoms with E-state index in [1.165, 1.54) is 0 Å². The van der Waals surface area contributed by atoms with Gasteiger partial charge in [-0.2, -0.15) is 0 Å². The normalized spacial score (nSPS) is 29.0. The Morgan fingerprint density at radius 3 is 2.57 bits per heavy atom. The number of nitrogens with zero attached hydrogens (tertiary/aromatic N) is 1. The Hall–Kier alpha value is -1.63. The van der Waals surface area contributed by atoms with E-state index in [4.69, 9.17) is 15.2 Å². The van der Waals surface area contributed by atoms with Crippen molar-refractivity contribution in [2.45, 2.75) is 69.9 Å². The second-order valence-electron chi connectivity index (χ2n) is 9.14. The number of likely N-dealkylation sites (tertiary alicyclic amines) is 1. The fourth-order valence-electron chi connectivity index (χ4n) is 4.96. The lowest BCUT2D eigenvalue weighted by molar-refractivity contribution is 0.00232. The Kier molecular flexibility index (Phi) is 6.32. The van der Waals surface area contributed by atoms with Gasteiger partial charge in [0.2, 0.25) is 0 Å². The quantitative estimate of drug-likeness (QED) is 0.780. The molecule has 1 amide bonds. The number of carbonyl (C=O) groups excluding carboxylic acids is 1. The molecule has 1 aromatic rings. The molecule has 1 saturated heterocycles. The number of benzene rings is 1. The van der Waals surface area contributed by atoms with Crippen LogP contribution in [0.25, 0.3) is 0 Å². The number of hydrogen-bond donors (Lipinski definition) is 2. The summed E-state index contributed by atoms with van der Waals surface area (Å²) in [6.07, 6.45) is 1.51. The fourth-order valence-corrected chi connectivity index (χ4v) is 4.96. The summed E-state index contributed by atoms with van der Waals surface area (Å²) in [7, 11) is 1.70. The molecule has 6 nitrogen and oxygen atoms in total. The average Bonchev–Trinajstić information content (AvgIpc) is 3.15. The highest BCUT2D eigenvalue weighted by molar-refractivity contribution is 5.70. The van der Waals surface area contributed by atoms with Gasteiger partial charge in [0.1, 0.15) is 5.60 Å². The van der Waals surface area contributed by atoms with Gasteiger partial charge in [-0.25, -0.2) is 4.79 Å². The van der Waals surface area contributed by atoms with Crippen LogP contribution in [0.3, 0.4) is 0 Å². The number of piperidine rings is 1. The maximum Gasteiger partial charge on any atom is 0.410 e. The van der Waals surface area contributed by atoms with E-state index >= 15 is 0 Å². The third-order valence-corrected chi connectivity index (χ3v) is 6.07. The standard InChI is InChI=1S/C22H34N2O4/c1-22(2,3)28-21(26)24-18-11-10-15(16(18)13-27-4)19(24)12-17(23)20(25)14-8-6-5-7-9-14/h5-9,15-20,25H,10-13,23H2,1-4H3. The number of hydrogen-bond acceptors (Lipinski definition) is 5. The molecule has 1 aliphatic carbocycles. The second kappa shape index (κ2) is 8.39. The van der Waals surface area contributed by atoms with Crippen LogP contribution in [-0.4, -0.2) is 53.5 Å². The van der Waals surface area contributed by atoms with Crippen LogP contribution in [0.5, 0.6) is 0 Å². The van der Waals surface area contributed by atoms with Gasteiger partial charge in [0.05, 0.1) is 12.7 Å². The number of methoxy groups -OCH3 is 1. The van der Waals surface area contributed by atoms with E-state index in [0.717, 1.165) is 18.4 Å². The van der Waals surface area contributed by atoms with E-state index in [1.807, 2.05) is 56.0 Å². The van der Waals surface area contributed by atoms with Crippen LogP contribution < -0.4 is 5.73 Å². The first-order valence-electron chi connectivity index (χ1n) is 10.2. The van der Waals surface area contributed by atoms with E-state index in [-0.39, 0.29) is 18.2 Å². The highest BCUT2D eigenvalue weighted by atomic mass is 16.6. The molecule has 2 aliphatic rings. The summed E-state index contributed by atoms with van der Waals surface area (Å²) in [5, 5.41) is 10.7. The number of carbonyl (C=O) groups is 1. The molecule has 1 saturated carbocycles. The Balaban J connectivity index is 1.78. The SMILES string of the molecule is COCC1C2CCC1N(C(=O)OC(C)(C)C)C2CC(N)C(O)c1ccccc1. The molecule has 6 atom stereocenters. The van der Waals surface area contributed by atoms with E-state index in [9.17, 15) is 9.90 Å². The number of aliphatic hydroxyl groups is 1. The smallest absolute Gasteiger partial charge is 0.410 e. The first-order valence-corrected chi connectivity index (χ1v) is 10.2. The van der Waals surface area contributed by atoms with Crippen molar-refractivity contribution in [1.29, 1.82) is 0 Å². The first kappa shape index (κ1) is 21.1. The van der Waals surface area contributed by atoms with Crippen molar-refractivity contribution in [2.24, 2.45) is 17.6 Å². The Morgan fingerprint density at radius 1 is 1.29 bits per heavy atom. The lowest BCUT2D eigenvalue weighted by Gasteiger charge is -2.38. The van der Waals surface area contributed by atoms with E-state index in [1.54, 1.807) is 7.11 Å². The van der Waals surface area contributed by atoms with Crippen LogP contribution in [-0.2, 0) is 9.47 Å². The molecule has 2 bridgehead atoms. The van der Waals surface area contributed by atoms with Gasteiger partial charge in [0.25, 0.3) is 0 Å². The molecule has 0 spiro atoms. The summed E-state index contributed by atoms with van der Waals surface area (Å²) in [4.78, 5) is 14.9. The summed E-state index contributed by atoms with van der Waals surface area (Å²) in [6.45, 7) is 6.27. The minimum Gasteiger partial charge on any atom is -0.444 e. The third-order valence-electron chi connectivity index (χ3n) is 6.07. The van der Waals surface area contributed by atoms with Crippen molar-refractivity contribution >= 4 is 6.09 Å². The van der Waals surface area contributed by atoms with Crippen molar-refractivity contribution in [3.05, 3.63) is 35.9 Å². The van der Waals surface area contributed by atoms with Crippen molar-refractivity contribution in [2.75, 3.05) is 13.7 Å².